The van der Waals surface area contributed by atoms with Gasteiger partial charge in [0, 0.05) is 13.2 Å². The summed E-state index contributed by atoms with van der Waals surface area (Å²) in [6.07, 6.45) is 4.33. The van der Waals surface area contributed by atoms with Gasteiger partial charge in [-0.15, -0.1) is 0 Å². The van der Waals surface area contributed by atoms with Crippen LogP contribution in [0.15, 0.2) is 12.4 Å². The standard InChI is InChI=1S/C13H19N7O/c1-4-5-21-13-19-11(14-3)18-12(20-13)17-8-10-7-15-9(2)6-16-10/h6-7H,4-5,8H2,1-3H3,(H2,14,17,18,19,20). The first-order valence-electron chi connectivity index (χ1n) is 6.79. The number of nitrogens with one attached hydrogen (secondary N) is 2. The summed E-state index contributed by atoms with van der Waals surface area (Å²) in [4.78, 5) is 21.0. The molecule has 8 heteroatoms. The molecule has 0 radical (unpaired) electrons. The van der Waals surface area contributed by atoms with E-state index in [0.29, 0.717) is 31.1 Å². The summed E-state index contributed by atoms with van der Waals surface area (Å²) >= 11 is 0. The monoisotopic (exact) mass is 289 g/mol. The Kier molecular flexibility index (Phi) is 5.19. The minimum Gasteiger partial charge on any atom is -0.463 e. The van der Waals surface area contributed by atoms with Gasteiger partial charge in [0.05, 0.1) is 30.7 Å². The third-order valence-electron chi connectivity index (χ3n) is 2.54. The van der Waals surface area contributed by atoms with Crippen molar-refractivity contribution in [1.29, 1.82) is 0 Å². The lowest BCUT2D eigenvalue weighted by Crippen LogP contribution is -2.10. The molecular weight excluding hydrogens is 270 g/mol. The predicted octanol–water partition coefficient (Wildman–Crippen LogP) is 1.41. The molecule has 112 valence electrons. The van der Waals surface area contributed by atoms with Crippen molar-refractivity contribution in [3.05, 3.63) is 23.8 Å². The molecule has 2 heterocycles. The Hall–Kier alpha value is -2.51. The van der Waals surface area contributed by atoms with Crippen molar-refractivity contribution in [2.24, 2.45) is 0 Å². The third kappa shape index (κ3) is 4.51. The summed E-state index contributed by atoms with van der Waals surface area (Å²) in [5.74, 6) is 0.886. The van der Waals surface area contributed by atoms with Crippen molar-refractivity contribution in [3.8, 4) is 6.01 Å². The molecule has 2 rings (SSSR count). The van der Waals surface area contributed by atoms with Crippen LogP contribution < -0.4 is 15.4 Å². The van der Waals surface area contributed by atoms with E-state index in [4.69, 9.17) is 4.74 Å². The van der Waals surface area contributed by atoms with Gasteiger partial charge < -0.3 is 15.4 Å². The molecule has 0 unspecified atom stereocenters. The van der Waals surface area contributed by atoms with Crippen LogP contribution in [-0.2, 0) is 6.54 Å². The van der Waals surface area contributed by atoms with Gasteiger partial charge in [-0.1, -0.05) is 6.92 Å². The summed E-state index contributed by atoms with van der Waals surface area (Å²) in [5, 5.41) is 5.97. The number of aryl methyl sites for hydroxylation is 1. The van der Waals surface area contributed by atoms with E-state index in [-0.39, 0.29) is 0 Å². The topological polar surface area (TPSA) is 97.7 Å². The van der Waals surface area contributed by atoms with E-state index in [0.717, 1.165) is 17.8 Å². The average molecular weight is 289 g/mol. The zero-order chi connectivity index (χ0) is 15.1. The van der Waals surface area contributed by atoms with E-state index >= 15 is 0 Å². The second-order valence-corrected chi connectivity index (χ2v) is 4.37. The summed E-state index contributed by atoms with van der Waals surface area (Å²) in [6.45, 7) is 4.96. The highest BCUT2D eigenvalue weighted by Crippen LogP contribution is 2.11. The van der Waals surface area contributed by atoms with E-state index in [9.17, 15) is 0 Å². The Morgan fingerprint density at radius 2 is 1.90 bits per heavy atom. The Labute approximate surface area is 123 Å². The zero-order valence-corrected chi connectivity index (χ0v) is 12.4. The molecule has 21 heavy (non-hydrogen) atoms. The maximum Gasteiger partial charge on any atom is 0.323 e. The molecule has 2 aromatic heterocycles. The number of hydrogen-bond donors (Lipinski definition) is 2. The molecule has 0 amide bonds. The largest absolute Gasteiger partial charge is 0.463 e. The summed E-state index contributed by atoms with van der Waals surface area (Å²) in [5.41, 5.74) is 1.69. The number of ether oxygens (including phenoxy) is 1. The molecular formula is C13H19N7O. The highest BCUT2D eigenvalue weighted by Gasteiger charge is 2.06. The molecule has 0 atom stereocenters. The molecule has 8 nitrogen and oxygen atoms in total. The molecule has 0 aliphatic rings. The van der Waals surface area contributed by atoms with Crippen molar-refractivity contribution in [2.75, 3.05) is 24.3 Å². The lowest BCUT2D eigenvalue weighted by atomic mass is 10.4. The number of hydrogen-bond acceptors (Lipinski definition) is 8. The van der Waals surface area contributed by atoms with Gasteiger partial charge >= 0.3 is 6.01 Å². The highest BCUT2D eigenvalue weighted by atomic mass is 16.5. The third-order valence-corrected chi connectivity index (χ3v) is 2.54. The van der Waals surface area contributed by atoms with Crippen LogP contribution in [-0.4, -0.2) is 38.6 Å². The smallest absolute Gasteiger partial charge is 0.323 e. The number of anilines is 2. The highest BCUT2D eigenvalue weighted by molar-refractivity contribution is 5.35. The molecule has 0 saturated carbocycles. The van der Waals surface area contributed by atoms with E-state index in [1.807, 2.05) is 13.8 Å². The van der Waals surface area contributed by atoms with Crippen LogP contribution in [0.25, 0.3) is 0 Å². The van der Waals surface area contributed by atoms with Crippen LogP contribution in [0.4, 0.5) is 11.9 Å². The Morgan fingerprint density at radius 1 is 1.10 bits per heavy atom. The van der Waals surface area contributed by atoms with E-state index in [2.05, 4.69) is 35.6 Å². The van der Waals surface area contributed by atoms with Gasteiger partial charge in [0.1, 0.15) is 0 Å². The Bertz CT molecular complexity index is 573. The number of nitrogens with zero attached hydrogens (tertiary/aromatic N) is 5. The summed E-state index contributed by atoms with van der Waals surface area (Å²) in [7, 11) is 1.74. The molecule has 0 fully saturated rings. The van der Waals surface area contributed by atoms with Crippen molar-refractivity contribution in [2.45, 2.75) is 26.8 Å². The molecule has 2 N–H and O–H groups in total. The van der Waals surface area contributed by atoms with Crippen molar-refractivity contribution < 1.29 is 4.74 Å². The van der Waals surface area contributed by atoms with Crippen LogP contribution in [0.3, 0.4) is 0 Å². The van der Waals surface area contributed by atoms with E-state index in [1.54, 1.807) is 19.4 Å². The van der Waals surface area contributed by atoms with Crippen molar-refractivity contribution in [1.82, 2.24) is 24.9 Å². The zero-order valence-electron chi connectivity index (χ0n) is 12.4. The number of aromatic nitrogens is 5. The maximum absolute atomic E-state index is 5.44. The van der Waals surface area contributed by atoms with Crippen molar-refractivity contribution >= 4 is 11.9 Å². The lowest BCUT2D eigenvalue weighted by Gasteiger charge is -2.08. The predicted molar refractivity (Wildman–Crippen MR) is 79.3 cm³/mol. The second kappa shape index (κ2) is 7.32. The molecule has 0 aliphatic carbocycles. The van der Waals surface area contributed by atoms with Crippen LogP contribution >= 0.6 is 0 Å². The van der Waals surface area contributed by atoms with Gasteiger partial charge in [-0.25, -0.2) is 0 Å². The van der Waals surface area contributed by atoms with Crippen LogP contribution in [0.2, 0.25) is 0 Å². The first kappa shape index (κ1) is 14.9. The van der Waals surface area contributed by atoms with Crippen LogP contribution in [0, 0.1) is 6.92 Å². The quantitative estimate of drug-likeness (QED) is 0.789. The summed E-state index contributed by atoms with van der Waals surface area (Å²) in [6, 6.07) is 0.300. The van der Waals surface area contributed by atoms with Gasteiger partial charge in [-0.2, -0.15) is 15.0 Å². The fraction of sp³-hybridized carbons (Fsp3) is 0.462. The first-order chi connectivity index (χ1) is 10.2. The molecule has 0 saturated heterocycles. The van der Waals surface area contributed by atoms with Gasteiger partial charge in [-0.3, -0.25) is 9.97 Å². The Morgan fingerprint density at radius 3 is 2.57 bits per heavy atom. The minimum atomic E-state index is 0.300. The van der Waals surface area contributed by atoms with E-state index < -0.39 is 0 Å². The fourth-order valence-corrected chi connectivity index (χ4v) is 1.49. The normalized spacial score (nSPS) is 10.2. The first-order valence-corrected chi connectivity index (χ1v) is 6.79. The minimum absolute atomic E-state index is 0.300. The average Bonchev–Trinajstić information content (AvgIpc) is 2.52. The summed E-state index contributed by atoms with van der Waals surface area (Å²) < 4.78 is 5.44. The van der Waals surface area contributed by atoms with Crippen LogP contribution in [0.1, 0.15) is 24.7 Å². The molecule has 0 spiro atoms. The van der Waals surface area contributed by atoms with Gasteiger partial charge in [0.2, 0.25) is 11.9 Å². The van der Waals surface area contributed by atoms with Gasteiger partial charge in [0.25, 0.3) is 0 Å². The maximum atomic E-state index is 5.44. The van der Waals surface area contributed by atoms with Crippen LogP contribution in [0.5, 0.6) is 6.01 Å². The van der Waals surface area contributed by atoms with Gasteiger partial charge in [-0.05, 0) is 13.3 Å². The number of rotatable bonds is 7. The second-order valence-electron chi connectivity index (χ2n) is 4.37. The molecule has 2 aromatic rings. The lowest BCUT2D eigenvalue weighted by molar-refractivity contribution is 0.292. The molecule has 0 aliphatic heterocycles. The fourth-order valence-electron chi connectivity index (χ4n) is 1.49. The van der Waals surface area contributed by atoms with Crippen molar-refractivity contribution in [3.63, 3.8) is 0 Å². The Balaban J connectivity index is 2.05. The molecule has 0 bridgehead atoms. The SMILES string of the molecule is CCCOc1nc(NC)nc(NCc2cnc(C)cn2)n1. The van der Waals surface area contributed by atoms with E-state index in [1.165, 1.54) is 0 Å². The molecule has 0 aromatic carbocycles. The van der Waals surface area contributed by atoms with Gasteiger partial charge in [0.15, 0.2) is 0 Å².